The lowest BCUT2D eigenvalue weighted by molar-refractivity contribution is 0.0951. The molecule has 0 bridgehead atoms. The average molecular weight is 345 g/mol. The van der Waals surface area contributed by atoms with Crippen LogP contribution in [0.15, 0.2) is 55.1 Å². The smallest absolute Gasteiger partial charge is 0.253 e. The van der Waals surface area contributed by atoms with Crippen LogP contribution in [0, 0.1) is 5.82 Å². The van der Waals surface area contributed by atoms with E-state index < -0.39 is 5.82 Å². The standard InChI is InChI=1S/C17H14ClFN4O/c18-16-7-14(19)5-6-15(16)17(24)21-8-12-3-1-2-4-13(12)9-23-11-20-10-22-23/h1-7,10-11H,8-9H2,(H,21,24). The maximum Gasteiger partial charge on any atom is 0.253 e. The molecular weight excluding hydrogens is 331 g/mol. The lowest BCUT2D eigenvalue weighted by Crippen LogP contribution is -2.24. The fraction of sp³-hybridized carbons (Fsp3) is 0.118. The van der Waals surface area contributed by atoms with Crippen LogP contribution in [0.5, 0.6) is 0 Å². The summed E-state index contributed by atoms with van der Waals surface area (Å²) in [7, 11) is 0. The van der Waals surface area contributed by atoms with Gasteiger partial charge < -0.3 is 5.32 Å². The minimum absolute atomic E-state index is 0.0865. The van der Waals surface area contributed by atoms with Crippen molar-refractivity contribution in [1.29, 1.82) is 0 Å². The van der Waals surface area contributed by atoms with Crippen molar-refractivity contribution in [1.82, 2.24) is 20.1 Å². The Morgan fingerprint density at radius 2 is 2.00 bits per heavy atom. The van der Waals surface area contributed by atoms with Crippen molar-refractivity contribution < 1.29 is 9.18 Å². The zero-order chi connectivity index (χ0) is 16.9. The number of hydrogen-bond acceptors (Lipinski definition) is 3. The van der Waals surface area contributed by atoms with E-state index in [2.05, 4.69) is 15.4 Å². The summed E-state index contributed by atoms with van der Waals surface area (Å²) in [5.74, 6) is -0.828. The van der Waals surface area contributed by atoms with Crippen molar-refractivity contribution in [2.45, 2.75) is 13.1 Å². The Labute approximate surface area is 143 Å². The lowest BCUT2D eigenvalue weighted by Gasteiger charge is -2.11. The van der Waals surface area contributed by atoms with Crippen molar-refractivity contribution in [2.75, 3.05) is 0 Å². The monoisotopic (exact) mass is 344 g/mol. The molecule has 1 amide bonds. The molecule has 0 radical (unpaired) electrons. The lowest BCUT2D eigenvalue weighted by atomic mass is 10.1. The first-order valence-electron chi connectivity index (χ1n) is 7.26. The number of nitrogens with one attached hydrogen (secondary N) is 1. The molecule has 0 spiro atoms. The van der Waals surface area contributed by atoms with Gasteiger partial charge in [-0.05, 0) is 29.3 Å². The highest BCUT2D eigenvalue weighted by molar-refractivity contribution is 6.33. The summed E-state index contributed by atoms with van der Waals surface area (Å²) in [6, 6.07) is 11.4. The Kier molecular flexibility index (Phi) is 4.86. The Hall–Kier alpha value is -2.73. The van der Waals surface area contributed by atoms with Crippen LogP contribution in [0.25, 0.3) is 0 Å². The van der Waals surface area contributed by atoms with Crippen molar-refractivity contribution in [3.8, 4) is 0 Å². The summed E-state index contributed by atoms with van der Waals surface area (Å²) in [5.41, 5.74) is 2.22. The molecule has 0 aliphatic rings. The molecule has 122 valence electrons. The predicted molar refractivity (Wildman–Crippen MR) is 88.1 cm³/mol. The van der Waals surface area contributed by atoms with E-state index in [1.54, 1.807) is 11.0 Å². The van der Waals surface area contributed by atoms with E-state index in [0.717, 1.165) is 17.2 Å². The number of hydrogen-bond donors (Lipinski definition) is 1. The van der Waals surface area contributed by atoms with E-state index in [-0.39, 0.29) is 16.5 Å². The summed E-state index contributed by atoms with van der Waals surface area (Å²) >= 11 is 5.91. The van der Waals surface area contributed by atoms with Crippen LogP contribution in [0.3, 0.4) is 0 Å². The van der Waals surface area contributed by atoms with Gasteiger partial charge in [-0.15, -0.1) is 0 Å². The van der Waals surface area contributed by atoms with Crippen LogP contribution < -0.4 is 5.32 Å². The molecule has 0 saturated heterocycles. The summed E-state index contributed by atoms with van der Waals surface area (Å²) in [4.78, 5) is 16.1. The molecule has 0 saturated carbocycles. The van der Waals surface area contributed by atoms with Gasteiger partial charge >= 0.3 is 0 Å². The predicted octanol–water partition coefficient (Wildman–Crippen LogP) is 3.05. The molecule has 7 heteroatoms. The van der Waals surface area contributed by atoms with Crippen LogP contribution >= 0.6 is 11.6 Å². The van der Waals surface area contributed by atoms with Crippen LogP contribution in [0.1, 0.15) is 21.5 Å². The van der Waals surface area contributed by atoms with Gasteiger partial charge in [-0.2, -0.15) is 5.10 Å². The highest BCUT2D eigenvalue weighted by atomic mass is 35.5. The summed E-state index contributed by atoms with van der Waals surface area (Å²) in [6.45, 7) is 0.890. The maximum absolute atomic E-state index is 13.1. The average Bonchev–Trinajstić information content (AvgIpc) is 3.07. The van der Waals surface area contributed by atoms with Gasteiger partial charge in [-0.25, -0.2) is 14.1 Å². The van der Waals surface area contributed by atoms with Crippen LogP contribution in [-0.4, -0.2) is 20.7 Å². The molecule has 0 aliphatic carbocycles. The first kappa shape index (κ1) is 16.1. The van der Waals surface area contributed by atoms with Crippen molar-refractivity contribution in [2.24, 2.45) is 0 Å². The Morgan fingerprint density at radius 1 is 1.21 bits per heavy atom. The second-order valence-electron chi connectivity index (χ2n) is 5.17. The van der Waals surface area contributed by atoms with Crippen molar-refractivity contribution in [3.05, 3.63) is 82.6 Å². The molecular formula is C17H14ClFN4O. The SMILES string of the molecule is O=C(NCc1ccccc1Cn1cncn1)c1ccc(F)cc1Cl. The van der Waals surface area contributed by atoms with Crippen LogP contribution in [0.2, 0.25) is 5.02 Å². The highest BCUT2D eigenvalue weighted by Gasteiger charge is 2.12. The van der Waals surface area contributed by atoms with E-state index >= 15 is 0 Å². The normalized spacial score (nSPS) is 10.6. The molecule has 0 atom stereocenters. The number of carbonyl (C=O) groups is 1. The van der Waals surface area contributed by atoms with E-state index in [1.165, 1.54) is 18.5 Å². The Balaban J connectivity index is 1.71. The molecule has 2 aromatic carbocycles. The van der Waals surface area contributed by atoms with Gasteiger partial charge in [0.2, 0.25) is 0 Å². The summed E-state index contributed by atoms with van der Waals surface area (Å²) in [6.07, 6.45) is 3.11. The van der Waals surface area contributed by atoms with Gasteiger partial charge in [0.25, 0.3) is 5.91 Å². The number of nitrogens with zero attached hydrogens (tertiary/aromatic N) is 3. The fourth-order valence-electron chi connectivity index (χ4n) is 2.32. The zero-order valence-electron chi connectivity index (χ0n) is 12.6. The first-order valence-corrected chi connectivity index (χ1v) is 7.64. The third kappa shape index (κ3) is 3.78. The van der Waals surface area contributed by atoms with E-state index in [0.29, 0.717) is 13.1 Å². The van der Waals surface area contributed by atoms with Crippen LogP contribution in [0.4, 0.5) is 4.39 Å². The van der Waals surface area contributed by atoms with E-state index in [1.807, 2.05) is 24.3 Å². The third-order valence-electron chi connectivity index (χ3n) is 3.53. The highest BCUT2D eigenvalue weighted by Crippen LogP contribution is 2.17. The van der Waals surface area contributed by atoms with Crippen molar-refractivity contribution in [3.63, 3.8) is 0 Å². The topological polar surface area (TPSA) is 59.8 Å². The largest absolute Gasteiger partial charge is 0.348 e. The molecule has 24 heavy (non-hydrogen) atoms. The number of carbonyl (C=O) groups excluding carboxylic acids is 1. The van der Waals surface area contributed by atoms with Gasteiger partial charge in [0, 0.05) is 6.54 Å². The van der Waals surface area contributed by atoms with Gasteiger partial charge in [-0.1, -0.05) is 35.9 Å². The molecule has 3 rings (SSSR count). The summed E-state index contributed by atoms with van der Waals surface area (Å²) < 4.78 is 14.8. The minimum atomic E-state index is -0.477. The van der Waals surface area contributed by atoms with E-state index in [9.17, 15) is 9.18 Å². The first-order chi connectivity index (χ1) is 11.6. The molecule has 5 nitrogen and oxygen atoms in total. The molecule has 3 aromatic rings. The van der Waals surface area contributed by atoms with E-state index in [4.69, 9.17) is 11.6 Å². The molecule has 1 heterocycles. The molecule has 0 fully saturated rings. The quantitative estimate of drug-likeness (QED) is 0.774. The number of amides is 1. The number of aromatic nitrogens is 3. The molecule has 0 aliphatic heterocycles. The third-order valence-corrected chi connectivity index (χ3v) is 3.85. The zero-order valence-corrected chi connectivity index (χ0v) is 13.4. The Morgan fingerprint density at radius 3 is 2.71 bits per heavy atom. The Bertz CT molecular complexity index is 852. The van der Waals surface area contributed by atoms with Gasteiger partial charge in [-0.3, -0.25) is 4.79 Å². The fourth-order valence-corrected chi connectivity index (χ4v) is 2.57. The second-order valence-corrected chi connectivity index (χ2v) is 5.58. The van der Waals surface area contributed by atoms with Crippen molar-refractivity contribution >= 4 is 17.5 Å². The molecule has 0 unspecified atom stereocenters. The van der Waals surface area contributed by atoms with Gasteiger partial charge in [0.15, 0.2) is 0 Å². The number of benzene rings is 2. The summed E-state index contributed by atoms with van der Waals surface area (Å²) in [5, 5.41) is 6.97. The van der Waals surface area contributed by atoms with Gasteiger partial charge in [0.1, 0.15) is 18.5 Å². The maximum atomic E-state index is 13.1. The minimum Gasteiger partial charge on any atom is -0.348 e. The van der Waals surface area contributed by atoms with Crippen LogP contribution in [-0.2, 0) is 13.1 Å². The second kappa shape index (κ2) is 7.23. The molecule has 1 N–H and O–H groups in total. The van der Waals surface area contributed by atoms with Gasteiger partial charge in [0.05, 0.1) is 17.1 Å². The number of halogens is 2. The molecule has 1 aromatic heterocycles. The number of rotatable bonds is 5.